The summed E-state index contributed by atoms with van der Waals surface area (Å²) in [5.74, 6) is 0.418. The first-order valence-corrected chi connectivity index (χ1v) is 15.5. The van der Waals surface area contributed by atoms with E-state index in [4.69, 9.17) is 4.74 Å². The molecule has 2 atom stereocenters. The summed E-state index contributed by atoms with van der Waals surface area (Å²) in [5.41, 5.74) is 3.53. The number of carbonyl (C=O) groups is 2. The van der Waals surface area contributed by atoms with Gasteiger partial charge in [0.1, 0.15) is 18.1 Å². The van der Waals surface area contributed by atoms with Crippen molar-refractivity contribution in [2.75, 3.05) is 26.7 Å². The van der Waals surface area contributed by atoms with Crippen LogP contribution in [0.25, 0.3) is 10.9 Å². The van der Waals surface area contributed by atoms with E-state index in [2.05, 4.69) is 15.6 Å². The quantitative estimate of drug-likeness (QED) is 0.0919. The van der Waals surface area contributed by atoms with Gasteiger partial charge < -0.3 is 40.6 Å². The minimum absolute atomic E-state index is 0.0605. The minimum Gasteiger partial charge on any atom is -0.506 e. The SMILES string of the molecule is CN(CCCNCC(O)c1ccc(O)c2[nH]c(=O)ccc12)C(=O)c1ccc(COc2cccc(C(NC(=O)O)c3ccccc3)c2)cc1. The Morgan fingerprint density at radius 3 is 2.42 bits per heavy atom. The predicted molar refractivity (Wildman–Crippen MR) is 182 cm³/mol. The fraction of sp³-hybridized carbons (Fsp3) is 0.216. The average Bonchev–Trinajstić information content (AvgIpc) is 3.10. The molecule has 0 bridgehead atoms. The second-order valence-corrected chi connectivity index (χ2v) is 11.4. The van der Waals surface area contributed by atoms with Gasteiger partial charge in [0.15, 0.2) is 0 Å². The number of nitrogens with one attached hydrogen (secondary N) is 3. The molecule has 0 spiro atoms. The molecule has 11 heteroatoms. The standard InChI is InChI=1S/C37H38N4O7/c1-41(20-6-19-38-22-32(43)29-15-17-31(42)35-30(29)16-18-33(44)39-35)36(45)26-13-11-24(12-14-26)23-48-28-10-5-9-27(21-28)34(40-37(46)47)25-7-3-2-4-8-25/h2-5,7-18,21,32,34,38,40,42-43H,6,19-20,22-23H2,1H3,(H,39,44)(H,46,47). The molecule has 0 radical (unpaired) electrons. The van der Waals surface area contributed by atoms with E-state index in [1.807, 2.05) is 66.7 Å². The number of rotatable bonds is 14. The number of pyridine rings is 1. The van der Waals surface area contributed by atoms with Crippen molar-refractivity contribution >= 4 is 22.9 Å². The van der Waals surface area contributed by atoms with Gasteiger partial charge >= 0.3 is 6.09 Å². The number of aliphatic hydroxyl groups is 1. The van der Waals surface area contributed by atoms with Gasteiger partial charge in [-0.3, -0.25) is 9.59 Å². The van der Waals surface area contributed by atoms with E-state index in [1.54, 1.807) is 36.2 Å². The van der Waals surface area contributed by atoms with Gasteiger partial charge in [-0.15, -0.1) is 0 Å². The number of nitrogens with zero attached hydrogens (tertiary/aromatic N) is 1. The summed E-state index contributed by atoms with van der Waals surface area (Å²) in [7, 11) is 1.74. The lowest BCUT2D eigenvalue weighted by molar-refractivity contribution is 0.0792. The number of hydrogen-bond donors (Lipinski definition) is 6. The lowest BCUT2D eigenvalue weighted by Crippen LogP contribution is -2.31. The zero-order chi connectivity index (χ0) is 34.0. The molecule has 248 valence electrons. The monoisotopic (exact) mass is 650 g/mol. The van der Waals surface area contributed by atoms with E-state index in [0.29, 0.717) is 41.8 Å². The number of aromatic amines is 1. The number of fused-ring (bicyclic) bond motifs is 1. The molecular formula is C37H38N4O7. The first kappa shape index (κ1) is 33.7. The number of carboxylic acid groups (broad SMARTS) is 1. The van der Waals surface area contributed by atoms with Crippen molar-refractivity contribution in [1.82, 2.24) is 20.5 Å². The van der Waals surface area contributed by atoms with Gasteiger partial charge in [-0.05, 0) is 71.6 Å². The second-order valence-electron chi connectivity index (χ2n) is 11.4. The third-order valence-electron chi connectivity index (χ3n) is 8.00. The third kappa shape index (κ3) is 8.58. The van der Waals surface area contributed by atoms with Gasteiger partial charge in [-0.25, -0.2) is 4.79 Å². The predicted octanol–water partition coefficient (Wildman–Crippen LogP) is 4.96. The number of benzene rings is 4. The zero-order valence-electron chi connectivity index (χ0n) is 26.4. The molecule has 2 unspecified atom stereocenters. The number of H-pyrrole nitrogens is 1. The molecule has 4 aromatic carbocycles. The second kappa shape index (κ2) is 15.8. The van der Waals surface area contributed by atoms with Crippen LogP contribution in [0.15, 0.2) is 108 Å². The normalized spacial score (nSPS) is 12.3. The molecule has 0 aliphatic carbocycles. The average molecular weight is 651 g/mol. The third-order valence-corrected chi connectivity index (χ3v) is 8.00. The highest BCUT2D eigenvalue weighted by Crippen LogP contribution is 2.29. The largest absolute Gasteiger partial charge is 0.506 e. The number of phenols is 1. The Kier molecular flexibility index (Phi) is 11.1. The summed E-state index contributed by atoms with van der Waals surface area (Å²) in [5, 5.41) is 36.5. The van der Waals surface area contributed by atoms with Crippen molar-refractivity contribution in [2.45, 2.75) is 25.2 Å². The van der Waals surface area contributed by atoms with Crippen LogP contribution in [0.5, 0.6) is 11.5 Å². The Morgan fingerprint density at radius 1 is 0.917 bits per heavy atom. The lowest BCUT2D eigenvalue weighted by Gasteiger charge is -2.19. The Hall–Kier alpha value is -5.65. The van der Waals surface area contributed by atoms with Crippen molar-refractivity contribution in [3.05, 3.63) is 141 Å². The zero-order valence-corrected chi connectivity index (χ0v) is 26.4. The summed E-state index contributed by atoms with van der Waals surface area (Å²) in [6.07, 6.45) is -1.31. The number of hydrogen-bond acceptors (Lipinski definition) is 7. The maximum Gasteiger partial charge on any atom is 0.405 e. The number of aromatic nitrogens is 1. The maximum absolute atomic E-state index is 13.0. The molecule has 1 aromatic heterocycles. The van der Waals surface area contributed by atoms with E-state index < -0.39 is 18.2 Å². The van der Waals surface area contributed by atoms with Crippen molar-refractivity contribution in [3.63, 3.8) is 0 Å². The molecule has 1 heterocycles. The summed E-state index contributed by atoms with van der Waals surface area (Å²) in [6, 6.07) is 29.3. The minimum atomic E-state index is -1.12. The summed E-state index contributed by atoms with van der Waals surface area (Å²) in [4.78, 5) is 40.4. The fourth-order valence-electron chi connectivity index (χ4n) is 5.48. The number of carbonyl (C=O) groups excluding carboxylic acids is 1. The number of aliphatic hydroxyl groups excluding tert-OH is 1. The van der Waals surface area contributed by atoms with Gasteiger partial charge in [-0.2, -0.15) is 0 Å². The van der Waals surface area contributed by atoms with E-state index in [-0.39, 0.29) is 35.9 Å². The van der Waals surface area contributed by atoms with E-state index in [1.165, 1.54) is 12.1 Å². The van der Waals surface area contributed by atoms with Crippen molar-refractivity contribution < 1.29 is 29.6 Å². The van der Waals surface area contributed by atoms with Crippen LogP contribution in [0.2, 0.25) is 0 Å². The first-order valence-electron chi connectivity index (χ1n) is 15.5. The van der Waals surface area contributed by atoms with Crippen LogP contribution >= 0.6 is 0 Å². The van der Waals surface area contributed by atoms with Crippen molar-refractivity contribution in [3.8, 4) is 11.5 Å². The van der Waals surface area contributed by atoms with Crippen LogP contribution in [0.3, 0.4) is 0 Å². The Morgan fingerprint density at radius 2 is 1.67 bits per heavy atom. The molecule has 0 fully saturated rings. The molecule has 5 aromatic rings. The molecule has 6 N–H and O–H groups in total. The van der Waals surface area contributed by atoms with Gasteiger partial charge in [0.2, 0.25) is 5.56 Å². The number of phenolic OH excluding ortho intramolecular Hbond substituents is 1. The molecule has 0 saturated carbocycles. The number of aromatic hydroxyl groups is 1. The molecular weight excluding hydrogens is 612 g/mol. The lowest BCUT2D eigenvalue weighted by atomic mass is 9.98. The Balaban J connectivity index is 1.08. The van der Waals surface area contributed by atoms with Gasteiger partial charge in [-0.1, -0.05) is 60.7 Å². The molecule has 2 amide bonds. The molecule has 0 aliphatic rings. The van der Waals surface area contributed by atoms with Crippen LogP contribution in [-0.4, -0.2) is 63.9 Å². The van der Waals surface area contributed by atoms with Crippen LogP contribution in [-0.2, 0) is 6.61 Å². The van der Waals surface area contributed by atoms with E-state index >= 15 is 0 Å². The fourth-order valence-corrected chi connectivity index (χ4v) is 5.48. The van der Waals surface area contributed by atoms with Crippen LogP contribution in [0.1, 0.15) is 51.2 Å². The smallest absolute Gasteiger partial charge is 0.405 e. The van der Waals surface area contributed by atoms with E-state index in [9.17, 15) is 29.7 Å². The highest BCUT2D eigenvalue weighted by Gasteiger charge is 2.18. The molecule has 11 nitrogen and oxygen atoms in total. The molecule has 0 saturated heterocycles. The van der Waals surface area contributed by atoms with Crippen LogP contribution < -0.4 is 20.9 Å². The van der Waals surface area contributed by atoms with Crippen molar-refractivity contribution in [2.24, 2.45) is 0 Å². The maximum atomic E-state index is 13.0. The van der Waals surface area contributed by atoms with Gasteiger partial charge in [0, 0.05) is 37.2 Å². The van der Waals surface area contributed by atoms with Gasteiger partial charge in [0.05, 0.1) is 17.7 Å². The topological polar surface area (TPSA) is 164 Å². The number of ether oxygens (including phenoxy) is 1. The summed E-state index contributed by atoms with van der Waals surface area (Å²) >= 11 is 0. The molecule has 5 rings (SSSR count). The first-order chi connectivity index (χ1) is 23.2. The molecule has 48 heavy (non-hydrogen) atoms. The summed E-state index contributed by atoms with van der Waals surface area (Å²) in [6.45, 7) is 1.60. The Labute approximate surface area is 277 Å². The Bertz CT molecular complexity index is 1910. The van der Waals surface area contributed by atoms with Crippen molar-refractivity contribution in [1.29, 1.82) is 0 Å². The van der Waals surface area contributed by atoms with Gasteiger partial charge in [0.25, 0.3) is 5.91 Å². The summed E-state index contributed by atoms with van der Waals surface area (Å²) < 4.78 is 6.00. The molecule has 0 aliphatic heterocycles. The van der Waals surface area contributed by atoms with Crippen LogP contribution in [0.4, 0.5) is 4.79 Å². The van der Waals surface area contributed by atoms with Crippen LogP contribution in [0, 0.1) is 0 Å². The highest BCUT2D eigenvalue weighted by atomic mass is 16.5. The van der Waals surface area contributed by atoms with E-state index in [0.717, 1.165) is 16.7 Å². The highest BCUT2D eigenvalue weighted by molar-refractivity contribution is 5.94. The number of amides is 2.